The predicted octanol–water partition coefficient (Wildman–Crippen LogP) is -0.275. The molecule has 0 aromatic carbocycles. The number of oxime groups is 1. The highest BCUT2D eigenvalue weighted by atomic mass is 16.6. The number of rotatable bonds is 4. The molecule has 0 N–H and O–H groups in total. The van der Waals surface area contributed by atoms with E-state index in [4.69, 9.17) is 0 Å². The van der Waals surface area contributed by atoms with Gasteiger partial charge in [0, 0.05) is 0 Å². The molecule has 0 radical (unpaired) electrons. The normalized spacial score (nSPS) is 10.5. The van der Waals surface area contributed by atoms with Crippen molar-refractivity contribution in [1.29, 1.82) is 0 Å². The van der Waals surface area contributed by atoms with E-state index in [0.717, 1.165) is 7.11 Å². The van der Waals surface area contributed by atoms with Gasteiger partial charge in [-0.3, -0.25) is 0 Å². The standard InChI is InChI=1S/C7H11NO5/c1-4-13-7(10)5(8-12-3)6(9)11-2/h4H2,1-3H3/b8-5+. The molecule has 0 unspecified atom stereocenters. The van der Waals surface area contributed by atoms with Crippen molar-refractivity contribution in [3.63, 3.8) is 0 Å². The van der Waals surface area contributed by atoms with Crippen molar-refractivity contribution in [2.75, 3.05) is 20.8 Å². The molecule has 0 aliphatic carbocycles. The van der Waals surface area contributed by atoms with Crippen LogP contribution in [0.4, 0.5) is 0 Å². The fourth-order valence-electron chi connectivity index (χ4n) is 0.545. The lowest BCUT2D eigenvalue weighted by Gasteiger charge is -2.02. The largest absolute Gasteiger partial charge is 0.464 e. The summed E-state index contributed by atoms with van der Waals surface area (Å²) in [5, 5.41) is 3.18. The van der Waals surface area contributed by atoms with E-state index in [1.807, 2.05) is 0 Å². The Morgan fingerprint density at radius 2 is 1.85 bits per heavy atom. The second kappa shape index (κ2) is 5.99. The Morgan fingerprint density at radius 3 is 2.23 bits per heavy atom. The Labute approximate surface area is 75.4 Å². The number of hydrogen-bond acceptors (Lipinski definition) is 6. The Balaban J connectivity index is 4.52. The Bertz CT molecular complexity index is 223. The molecule has 0 bridgehead atoms. The number of ether oxygens (including phenoxy) is 2. The van der Waals surface area contributed by atoms with Gasteiger partial charge >= 0.3 is 11.9 Å². The highest BCUT2D eigenvalue weighted by molar-refractivity contribution is 6.62. The average Bonchev–Trinajstić information content (AvgIpc) is 2.13. The summed E-state index contributed by atoms with van der Waals surface area (Å²) in [5.41, 5.74) is -0.508. The molecule has 74 valence electrons. The summed E-state index contributed by atoms with van der Waals surface area (Å²) in [6, 6.07) is 0. The lowest BCUT2D eigenvalue weighted by atomic mass is 10.4. The number of carbonyl (C=O) groups excluding carboxylic acids is 2. The first-order valence-corrected chi connectivity index (χ1v) is 3.53. The topological polar surface area (TPSA) is 74.2 Å². The van der Waals surface area contributed by atoms with E-state index >= 15 is 0 Å². The SMILES string of the molecule is CCOC(=O)/C(=N/OC)C(=O)OC. The maximum atomic E-state index is 11.0. The summed E-state index contributed by atoms with van der Waals surface area (Å²) in [4.78, 5) is 26.2. The van der Waals surface area contributed by atoms with Crippen LogP contribution in [0.15, 0.2) is 5.16 Å². The van der Waals surface area contributed by atoms with Crippen molar-refractivity contribution in [2.24, 2.45) is 5.16 Å². The molecule has 0 fully saturated rings. The third kappa shape index (κ3) is 3.55. The molecule has 0 saturated carbocycles. The Hall–Kier alpha value is -1.59. The van der Waals surface area contributed by atoms with Crippen LogP contribution in [0.5, 0.6) is 0 Å². The summed E-state index contributed by atoms with van der Waals surface area (Å²) in [6.45, 7) is 1.76. The monoisotopic (exact) mass is 189 g/mol. The number of esters is 2. The van der Waals surface area contributed by atoms with E-state index in [0.29, 0.717) is 0 Å². The van der Waals surface area contributed by atoms with Gasteiger partial charge in [-0.25, -0.2) is 9.59 Å². The van der Waals surface area contributed by atoms with E-state index in [1.165, 1.54) is 7.11 Å². The molecule has 13 heavy (non-hydrogen) atoms. The van der Waals surface area contributed by atoms with Crippen molar-refractivity contribution in [1.82, 2.24) is 0 Å². The minimum atomic E-state index is -0.889. The van der Waals surface area contributed by atoms with Gasteiger partial charge in [-0.15, -0.1) is 0 Å². The number of nitrogens with zero attached hydrogens (tertiary/aromatic N) is 1. The first kappa shape index (κ1) is 11.4. The highest BCUT2D eigenvalue weighted by Gasteiger charge is 2.23. The quantitative estimate of drug-likeness (QED) is 0.263. The first-order chi connectivity index (χ1) is 6.17. The van der Waals surface area contributed by atoms with Gasteiger partial charge < -0.3 is 14.3 Å². The Kier molecular flexibility index (Phi) is 5.25. The number of carbonyl (C=O) groups is 2. The highest BCUT2D eigenvalue weighted by Crippen LogP contribution is 1.89. The summed E-state index contributed by atoms with van der Waals surface area (Å²) in [6.07, 6.45) is 0. The van der Waals surface area contributed by atoms with Crippen LogP contribution >= 0.6 is 0 Å². The van der Waals surface area contributed by atoms with Crippen molar-refractivity contribution in [3.05, 3.63) is 0 Å². The summed E-state index contributed by atoms with van der Waals surface area (Å²) >= 11 is 0. The molecule has 0 rings (SSSR count). The van der Waals surface area contributed by atoms with E-state index in [9.17, 15) is 9.59 Å². The smallest absolute Gasteiger partial charge is 0.368 e. The molecule has 0 aliphatic heterocycles. The molecule has 6 heteroatoms. The minimum Gasteiger partial charge on any atom is -0.464 e. The van der Waals surface area contributed by atoms with Crippen LogP contribution in [-0.2, 0) is 23.9 Å². The second-order valence-corrected chi connectivity index (χ2v) is 1.83. The van der Waals surface area contributed by atoms with Gasteiger partial charge in [-0.1, -0.05) is 5.16 Å². The van der Waals surface area contributed by atoms with Gasteiger partial charge in [0.05, 0.1) is 13.7 Å². The molecule has 0 amide bonds. The molecule has 0 aliphatic rings. The van der Waals surface area contributed by atoms with E-state index in [-0.39, 0.29) is 6.61 Å². The van der Waals surface area contributed by atoms with Crippen LogP contribution in [0.3, 0.4) is 0 Å². The fraction of sp³-hybridized carbons (Fsp3) is 0.571. The lowest BCUT2D eigenvalue weighted by molar-refractivity contribution is -0.139. The molecule has 0 aromatic rings. The van der Waals surface area contributed by atoms with Gasteiger partial charge in [0.15, 0.2) is 0 Å². The lowest BCUT2D eigenvalue weighted by Crippen LogP contribution is -2.27. The van der Waals surface area contributed by atoms with Crippen molar-refractivity contribution >= 4 is 17.7 Å². The van der Waals surface area contributed by atoms with Crippen molar-refractivity contribution in [3.8, 4) is 0 Å². The first-order valence-electron chi connectivity index (χ1n) is 3.53. The van der Waals surface area contributed by atoms with Gasteiger partial charge in [0.25, 0.3) is 5.71 Å². The Morgan fingerprint density at radius 1 is 1.23 bits per heavy atom. The molecular weight excluding hydrogens is 178 g/mol. The van der Waals surface area contributed by atoms with Crippen LogP contribution in [0, 0.1) is 0 Å². The van der Waals surface area contributed by atoms with E-state index < -0.39 is 17.7 Å². The van der Waals surface area contributed by atoms with Gasteiger partial charge in [0.2, 0.25) is 0 Å². The molecule has 6 nitrogen and oxygen atoms in total. The third-order valence-corrected chi connectivity index (χ3v) is 1.03. The van der Waals surface area contributed by atoms with Crippen LogP contribution in [0.25, 0.3) is 0 Å². The summed E-state index contributed by atoms with van der Waals surface area (Å²) < 4.78 is 8.81. The third-order valence-electron chi connectivity index (χ3n) is 1.03. The van der Waals surface area contributed by atoms with Crippen molar-refractivity contribution < 1.29 is 23.9 Å². The zero-order chi connectivity index (χ0) is 10.3. The van der Waals surface area contributed by atoms with E-state index in [1.54, 1.807) is 6.92 Å². The van der Waals surface area contributed by atoms with Gasteiger partial charge in [-0.05, 0) is 6.92 Å². The fourth-order valence-corrected chi connectivity index (χ4v) is 0.545. The van der Waals surface area contributed by atoms with Crippen LogP contribution in [-0.4, -0.2) is 38.5 Å². The zero-order valence-electron chi connectivity index (χ0n) is 7.70. The van der Waals surface area contributed by atoms with E-state index in [2.05, 4.69) is 19.5 Å². The summed E-state index contributed by atoms with van der Waals surface area (Å²) in [7, 11) is 2.34. The average molecular weight is 189 g/mol. The van der Waals surface area contributed by atoms with Crippen molar-refractivity contribution in [2.45, 2.75) is 6.92 Å². The zero-order valence-corrected chi connectivity index (χ0v) is 7.70. The summed E-state index contributed by atoms with van der Waals surface area (Å²) in [5.74, 6) is -1.75. The van der Waals surface area contributed by atoms with Crippen LogP contribution in [0.1, 0.15) is 6.92 Å². The molecule has 0 aromatic heterocycles. The molecule has 0 atom stereocenters. The maximum Gasteiger partial charge on any atom is 0.368 e. The predicted molar refractivity (Wildman–Crippen MR) is 43.1 cm³/mol. The van der Waals surface area contributed by atoms with Crippen LogP contribution in [0.2, 0.25) is 0 Å². The maximum absolute atomic E-state index is 11.0. The molecule has 0 spiro atoms. The second-order valence-electron chi connectivity index (χ2n) is 1.83. The van der Waals surface area contributed by atoms with Crippen LogP contribution < -0.4 is 0 Å². The number of hydrogen-bond donors (Lipinski definition) is 0. The van der Waals surface area contributed by atoms with Gasteiger partial charge in [-0.2, -0.15) is 0 Å². The number of methoxy groups -OCH3 is 1. The van der Waals surface area contributed by atoms with Gasteiger partial charge in [0.1, 0.15) is 7.11 Å². The molecular formula is C7H11NO5. The molecule has 0 saturated heterocycles. The minimum absolute atomic E-state index is 0.151. The molecule has 0 heterocycles.